The monoisotopic (exact) mass is 349 g/mol. The Morgan fingerprint density at radius 1 is 1.42 bits per heavy atom. The fraction of sp³-hybridized carbons (Fsp3) is 0.471. The predicted molar refractivity (Wildman–Crippen MR) is 89.5 cm³/mol. The van der Waals surface area contributed by atoms with Gasteiger partial charge in [-0.2, -0.15) is 0 Å². The number of aromatic nitrogens is 2. The van der Waals surface area contributed by atoms with E-state index in [-0.39, 0.29) is 17.9 Å². The van der Waals surface area contributed by atoms with Crippen LogP contribution in [0.1, 0.15) is 47.8 Å². The Labute approximate surface area is 145 Å². The van der Waals surface area contributed by atoms with E-state index in [1.54, 1.807) is 32.2 Å². The lowest BCUT2D eigenvalue weighted by Crippen LogP contribution is -2.46. The fourth-order valence-corrected chi connectivity index (χ4v) is 3.44. The minimum absolute atomic E-state index is 0.0213. The molecule has 1 fully saturated rings. The second-order valence-electron chi connectivity index (χ2n) is 6.00. The fourth-order valence-electron chi connectivity index (χ4n) is 3.19. The van der Waals surface area contributed by atoms with Crippen LogP contribution in [0, 0.1) is 6.92 Å². The van der Waals surface area contributed by atoms with Crippen molar-refractivity contribution in [2.75, 3.05) is 13.7 Å². The highest BCUT2D eigenvalue weighted by Gasteiger charge is 2.35. The summed E-state index contributed by atoms with van der Waals surface area (Å²) >= 11 is 6.15. The van der Waals surface area contributed by atoms with Gasteiger partial charge in [0.25, 0.3) is 5.91 Å². The number of carbonyl (C=O) groups is 1. The molecule has 7 heteroatoms. The first kappa shape index (κ1) is 16.8. The van der Waals surface area contributed by atoms with Gasteiger partial charge in [0.1, 0.15) is 5.75 Å². The molecule has 128 valence electrons. The van der Waals surface area contributed by atoms with E-state index in [2.05, 4.69) is 10.2 Å². The number of hydrogen-bond acceptors (Lipinski definition) is 5. The number of carbonyl (C=O) groups excluding carboxylic acids is 1. The van der Waals surface area contributed by atoms with Crippen molar-refractivity contribution in [3.05, 3.63) is 40.6 Å². The number of likely N-dealkylation sites (tertiary alicyclic amines) is 1. The van der Waals surface area contributed by atoms with Gasteiger partial charge in [-0.3, -0.25) is 4.79 Å². The molecule has 0 aliphatic carbocycles. The number of nitrogens with zero attached hydrogens (tertiary/aromatic N) is 3. The van der Waals surface area contributed by atoms with E-state index >= 15 is 0 Å². The van der Waals surface area contributed by atoms with Crippen molar-refractivity contribution in [2.45, 2.75) is 38.6 Å². The smallest absolute Gasteiger partial charge is 0.254 e. The van der Waals surface area contributed by atoms with Crippen LogP contribution in [0.5, 0.6) is 5.75 Å². The molecular formula is C17H20ClN3O3. The molecule has 1 aromatic carbocycles. The number of rotatable bonds is 3. The van der Waals surface area contributed by atoms with Crippen LogP contribution in [0.2, 0.25) is 5.02 Å². The quantitative estimate of drug-likeness (QED) is 0.848. The molecule has 0 saturated carbocycles. The van der Waals surface area contributed by atoms with Crippen LogP contribution < -0.4 is 4.74 Å². The summed E-state index contributed by atoms with van der Waals surface area (Å²) in [6, 6.07) is 5.08. The molecule has 2 heterocycles. The summed E-state index contributed by atoms with van der Waals surface area (Å²) in [5, 5.41) is 8.46. The second-order valence-corrected chi connectivity index (χ2v) is 6.40. The Balaban J connectivity index is 1.82. The van der Waals surface area contributed by atoms with Gasteiger partial charge in [0.2, 0.25) is 11.8 Å². The molecule has 6 nitrogen and oxygen atoms in total. The number of hydrogen-bond donors (Lipinski definition) is 0. The maximum absolute atomic E-state index is 12.9. The minimum Gasteiger partial charge on any atom is -0.495 e. The van der Waals surface area contributed by atoms with Gasteiger partial charge in [0.15, 0.2) is 0 Å². The van der Waals surface area contributed by atoms with Gasteiger partial charge in [-0.15, -0.1) is 10.2 Å². The molecule has 0 bridgehead atoms. The third-order valence-electron chi connectivity index (χ3n) is 4.51. The van der Waals surface area contributed by atoms with Crippen LogP contribution in [-0.4, -0.2) is 40.7 Å². The van der Waals surface area contributed by atoms with Crippen LogP contribution in [0.4, 0.5) is 0 Å². The normalized spacial score (nSPS) is 20.9. The maximum Gasteiger partial charge on any atom is 0.254 e. The summed E-state index contributed by atoms with van der Waals surface area (Å²) in [5.74, 6) is 1.71. The van der Waals surface area contributed by atoms with Crippen molar-refractivity contribution in [2.24, 2.45) is 0 Å². The van der Waals surface area contributed by atoms with Crippen LogP contribution in [0.3, 0.4) is 0 Å². The highest BCUT2D eigenvalue weighted by molar-refractivity contribution is 6.32. The highest BCUT2D eigenvalue weighted by Crippen LogP contribution is 2.33. The van der Waals surface area contributed by atoms with Gasteiger partial charge in [-0.05, 0) is 38.0 Å². The molecule has 0 spiro atoms. The molecule has 2 aromatic rings. The van der Waals surface area contributed by atoms with Crippen molar-refractivity contribution in [3.63, 3.8) is 0 Å². The second kappa shape index (κ2) is 6.81. The van der Waals surface area contributed by atoms with Crippen LogP contribution >= 0.6 is 11.6 Å². The lowest BCUT2D eigenvalue weighted by atomic mass is 9.89. The Morgan fingerprint density at radius 3 is 2.83 bits per heavy atom. The topological polar surface area (TPSA) is 68.5 Å². The molecule has 0 N–H and O–H groups in total. The minimum atomic E-state index is -0.0482. The van der Waals surface area contributed by atoms with Gasteiger partial charge in [0.05, 0.1) is 18.1 Å². The number of piperidine rings is 1. The number of ether oxygens (including phenoxy) is 1. The summed E-state index contributed by atoms with van der Waals surface area (Å²) in [7, 11) is 1.55. The molecule has 1 aromatic heterocycles. The standard InChI is InChI=1S/C17H20ClN3O3/c1-10-13(16-20-19-11(2)24-16)5-4-8-21(10)17(22)12-6-7-15(23-3)14(18)9-12/h6-7,9-10,13H,4-5,8H2,1-3H3/t10-,13-/m0/s1. The summed E-state index contributed by atoms with van der Waals surface area (Å²) in [6.07, 6.45) is 1.82. The number of aryl methyl sites for hydroxylation is 1. The largest absolute Gasteiger partial charge is 0.495 e. The molecular weight excluding hydrogens is 330 g/mol. The van der Waals surface area contributed by atoms with Crippen LogP contribution in [0.15, 0.2) is 22.6 Å². The Kier molecular flexibility index (Phi) is 4.76. The number of amides is 1. The van der Waals surface area contributed by atoms with Gasteiger partial charge in [0, 0.05) is 25.1 Å². The third kappa shape index (κ3) is 3.11. The first-order valence-corrected chi connectivity index (χ1v) is 8.33. The van der Waals surface area contributed by atoms with E-state index in [0.29, 0.717) is 34.7 Å². The predicted octanol–water partition coefficient (Wildman–Crippen LogP) is 3.45. The van der Waals surface area contributed by atoms with E-state index in [1.807, 2.05) is 11.8 Å². The third-order valence-corrected chi connectivity index (χ3v) is 4.80. The average Bonchev–Trinajstić information content (AvgIpc) is 3.00. The first-order chi connectivity index (χ1) is 11.5. The Bertz CT molecular complexity index is 746. The molecule has 0 radical (unpaired) electrons. The summed E-state index contributed by atoms with van der Waals surface area (Å²) < 4.78 is 10.7. The molecule has 1 amide bonds. The molecule has 1 aliphatic heterocycles. The van der Waals surface area contributed by atoms with Crippen LogP contribution in [0.25, 0.3) is 0 Å². The number of benzene rings is 1. The molecule has 24 heavy (non-hydrogen) atoms. The van der Waals surface area contributed by atoms with Crippen molar-refractivity contribution in [1.29, 1.82) is 0 Å². The highest BCUT2D eigenvalue weighted by atomic mass is 35.5. The van der Waals surface area contributed by atoms with E-state index in [1.165, 1.54) is 0 Å². The number of methoxy groups -OCH3 is 1. The molecule has 1 saturated heterocycles. The van der Waals surface area contributed by atoms with Crippen molar-refractivity contribution >= 4 is 17.5 Å². The van der Waals surface area contributed by atoms with Gasteiger partial charge < -0.3 is 14.1 Å². The molecule has 2 atom stereocenters. The zero-order valence-corrected chi connectivity index (χ0v) is 14.7. The van der Waals surface area contributed by atoms with E-state index < -0.39 is 0 Å². The lowest BCUT2D eigenvalue weighted by Gasteiger charge is -2.38. The zero-order valence-electron chi connectivity index (χ0n) is 14.0. The number of halogens is 1. The van der Waals surface area contributed by atoms with E-state index in [9.17, 15) is 4.79 Å². The Hall–Kier alpha value is -2.08. The van der Waals surface area contributed by atoms with Crippen molar-refractivity contribution in [1.82, 2.24) is 15.1 Å². The summed E-state index contributed by atoms with van der Waals surface area (Å²) in [6.45, 7) is 4.49. The van der Waals surface area contributed by atoms with Crippen molar-refractivity contribution < 1.29 is 13.9 Å². The van der Waals surface area contributed by atoms with Crippen molar-refractivity contribution in [3.8, 4) is 5.75 Å². The summed E-state index contributed by atoms with van der Waals surface area (Å²) in [5.41, 5.74) is 0.551. The Morgan fingerprint density at radius 2 is 2.21 bits per heavy atom. The SMILES string of the molecule is COc1ccc(C(=O)N2CCC[C@H](c3nnc(C)o3)[C@@H]2C)cc1Cl. The first-order valence-electron chi connectivity index (χ1n) is 7.95. The van der Waals surface area contributed by atoms with Gasteiger partial charge >= 0.3 is 0 Å². The van der Waals surface area contributed by atoms with E-state index in [0.717, 1.165) is 12.8 Å². The molecule has 1 aliphatic rings. The summed E-state index contributed by atoms with van der Waals surface area (Å²) in [4.78, 5) is 14.8. The lowest BCUT2D eigenvalue weighted by molar-refractivity contribution is 0.0582. The zero-order chi connectivity index (χ0) is 17.3. The van der Waals surface area contributed by atoms with Gasteiger partial charge in [-0.1, -0.05) is 11.6 Å². The molecule has 3 rings (SSSR count). The maximum atomic E-state index is 12.9. The average molecular weight is 350 g/mol. The molecule has 0 unspecified atom stereocenters. The van der Waals surface area contributed by atoms with Gasteiger partial charge in [-0.25, -0.2) is 0 Å². The van der Waals surface area contributed by atoms with Crippen LogP contribution in [-0.2, 0) is 0 Å². The van der Waals surface area contributed by atoms with E-state index in [4.69, 9.17) is 20.8 Å².